The third kappa shape index (κ3) is 3.54. The Labute approximate surface area is 131 Å². The third-order valence-electron chi connectivity index (χ3n) is 4.26. The van der Waals surface area contributed by atoms with Crippen molar-refractivity contribution >= 4 is 0 Å². The van der Waals surface area contributed by atoms with Gasteiger partial charge in [0, 0.05) is 25.3 Å². The summed E-state index contributed by atoms with van der Waals surface area (Å²) in [5.74, 6) is 1.93. The SMILES string of the molecule is Cn1c(CN(CCCCO)C2CC2)nnc1-c1ccccc1. The number of unbranched alkanes of at least 4 members (excludes halogenated alkanes) is 1. The second kappa shape index (κ2) is 7.03. The molecule has 1 aromatic carbocycles. The van der Waals surface area contributed by atoms with Gasteiger partial charge >= 0.3 is 0 Å². The van der Waals surface area contributed by atoms with Crippen molar-refractivity contribution in [3.63, 3.8) is 0 Å². The van der Waals surface area contributed by atoms with Crippen LogP contribution in [0.25, 0.3) is 11.4 Å². The highest BCUT2D eigenvalue weighted by molar-refractivity contribution is 5.54. The Morgan fingerprint density at radius 2 is 1.95 bits per heavy atom. The molecular formula is C17H24N4O. The first-order valence-electron chi connectivity index (χ1n) is 8.08. The lowest BCUT2D eigenvalue weighted by Gasteiger charge is -2.21. The summed E-state index contributed by atoms with van der Waals surface area (Å²) in [5, 5.41) is 17.7. The fraction of sp³-hybridized carbons (Fsp3) is 0.529. The van der Waals surface area contributed by atoms with E-state index in [9.17, 15) is 0 Å². The second-order valence-corrected chi connectivity index (χ2v) is 6.00. The molecule has 1 N–H and O–H groups in total. The van der Waals surface area contributed by atoms with Gasteiger partial charge in [0.05, 0.1) is 6.54 Å². The van der Waals surface area contributed by atoms with E-state index >= 15 is 0 Å². The number of rotatable bonds is 8. The smallest absolute Gasteiger partial charge is 0.163 e. The monoisotopic (exact) mass is 300 g/mol. The predicted molar refractivity (Wildman–Crippen MR) is 86.2 cm³/mol. The van der Waals surface area contributed by atoms with Gasteiger partial charge in [0.1, 0.15) is 5.82 Å². The molecule has 1 heterocycles. The summed E-state index contributed by atoms with van der Waals surface area (Å²) in [6, 6.07) is 10.9. The van der Waals surface area contributed by atoms with Gasteiger partial charge in [-0.3, -0.25) is 4.90 Å². The van der Waals surface area contributed by atoms with Crippen molar-refractivity contribution in [3.8, 4) is 11.4 Å². The zero-order valence-corrected chi connectivity index (χ0v) is 13.1. The summed E-state index contributed by atoms with van der Waals surface area (Å²) < 4.78 is 2.09. The molecule has 0 bridgehead atoms. The molecule has 1 fully saturated rings. The maximum absolute atomic E-state index is 8.95. The maximum Gasteiger partial charge on any atom is 0.163 e. The van der Waals surface area contributed by atoms with E-state index in [-0.39, 0.29) is 6.61 Å². The van der Waals surface area contributed by atoms with Crippen molar-refractivity contribution in [1.82, 2.24) is 19.7 Å². The molecule has 0 spiro atoms. The molecule has 1 aliphatic carbocycles. The fourth-order valence-corrected chi connectivity index (χ4v) is 2.78. The topological polar surface area (TPSA) is 54.2 Å². The zero-order chi connectivity index (χ0) is 15.4. The molecule has 5 heteroatoms. The Morgan fingerprint density at radius 3 is 2.64 bits per heavy atom. The first kappa shape index (κ1) is 15.2. The van der Waals surface area contributed by atoms with E-state index in [4.69, 9.17) is 5.11 Å². The molecule has 0 aliphatic heterocycles. The predicted octanol–water partition coefficient (Wildman–Crippen LogP) is 2.22. The maximum atomic E-state index is 8.95. The molecule has 0 atom stereocenters. The van der Waals surface area contributed by atoms with Crippen LogP contribution in [-0.2, 0) is 13.6 Å². The fourth-order valence-electron chi connectivity index (χ4n) is 2.78. The van der Waals surface area contributed by atoms with Crippen LogP contribution < -0.4 is 0 Å². The van der Waals surface area contributed by atoms with E-state index < -0.39 is 0 Å². The number of aliphatic hydroxyl groups excluding tert-OH is 1. The van der Waals surface area contributed by atoms with Gasteiger partial charge in [0.25, 0.3) is 0 Å². The Hall–Kier alpha value is -1.72. The molecule has 118 valence electrons. The average molecular weight is 300 g/mol. The summed E-state index contributed by atoms with van der Waals surface area (Å²) in [4.78, 5) is 2.48. The van der Waals surface area contributed by atoms with Crippen molar-refractivity contribution in [1.29, 1.82) is 0 Å². The summed E-state index contributed by atoms with van der Waals surface area (Å²) >= 11 is 0. The zero-order valence-electron chi connectivity index (χ0n) is 13.1. The number of hydrogen-bond acceptors (Lipinski definition) is 4. The lowest BCUT2D eigenvalue weighted by Crippen LogP contribution is -2.28. The molecule has 3 rings (SSSR count). The van der Waals surface area contributed by atoms with Crippen LogP contribution in [-0.4, -0.2) is 44.0 Å². The number of aromatic nitrogens is 3. The van der Waals surface area contributed by atoms with E-state index in [1.54, 1.807) is 0 Å². The lowest BCUT2D eigenvalue weighted by atomic mass is 10.2. The molecule has 1 aromatic heterocycles. The molecular weight excluding hydrogens is 276 g/mol. The molecule has 5 nitrogen and oxygen atoms in total. The van der Waals surface area contributed by atoms with Gasteiger partial charge in [-0.25, -0.2) is 0 Å². The number of hydrogen-bond donors (Lipinski definition) is 1. The largest absolute Gasteiger partial charge is 0.396 e. The van der Waals surface area contributed by atoms with Crippen LogP contribution in [0.5, 0.6) is 0 Å². The molecule has 0 unspecified atom stereocenters. The van der Waals surface area contributed by atoms with Crippen LogP contribution in [0.3, 0.4) is 0 Å². The van der Waals surface area contributed by atoms with E-state index in [0.717, 1.165) is 43.1 Å². The highest BCUT2D eigenvalue weighted by Gasteiger charge is 2.29. The van der Waals surface area contributed by atoms with Crippen molar-refractivity contribution < 1.29 is 5.11 Å². The lowest BCUT2D eigenvalue weighted by molar-refractivity contribution is 0.223. The van der Waals surface area contributed by atoms with Gasteiger partial charge in [-0.15, -0.1) is 10.2 Å². The van der Waals surface area contributed by atoms with Crippen molar-refractivity contribution in [3.05, 3.63) is 36.2 Å². The molecule has 1 aliphatic rings. The van der Waals surface area contributed by atoms with E-state index in [1.807, 2.05) is 25.2 Å². The van der Waals surface area contributed by atoms with Gasteiger partial charge in [-0.2, -0.15) is 0 Å². The van der Waals surface area contributed by atoms with Crippen LogP contribution >= 0.6 is 0 Å². The van der Waals surface area contributed by atoms with Crippen LogP contribution in [0.1, 0.15) is 31.5 Å². The number of benzene rings is 1. The van der Waals surface area contributed by atoms with Crippen LogP contribution in [0.15, 0.2) is 30.3 Å². The molecule has 1 saturated carbocycles. The van der Waals surface area contributed by atoms with Crippen LogP contribution in [0.4, 0.5) is 0 Å². The summed E-state index contributed by atoms with van der Waals surface area (Å²) in [6.45, 7) is 2.14. The third-order valence-corrected chi connectivity index (χ3v) is 4.26. The highest BCUT2D eigenvalue weighted by atomic mass is 16.2. The Kier molecular flexibility index (Phi) is 4.85. The first-order chi connectivity index (χ1) is 10.8. The molecule has 0 radical (unpaired) electrons. The molecule has 0 amide bonds. The van der Waals surface area contributed by atoms with Gasteiger partial charge in [0.2, 0.25) is 0 Å². The molecule has 0 saturated heterocycles. The molecule has 2 aromatic rings. The minimum Gasteiger partial charge on any atom is -0.396 e. The second-order valence-electron chi connectivity index (χ2n) is 6.00. The van der Waals surface area contributed by atoms with Crippen molar-refractivity contribution in [2.24, 2.45) is 7.05 Å². The minimum atomic E-state index is 0.278. The van der Waals surface area contributed by atoms with Gasteiger partial charge < -0.3 is 9.67 Å². The summed E-state index contributed by atoms with van der Waals surface area (Å²) in [6.07, 6.45) is 4.47. The van der Waals surface area contributed by atoms with Crippen molar-refractivity contribution in [2.75, 3.05) is 13.2 Å². The van der Waals surface area contributed by atoms with Gasteiger partial charge in [-0.1, -0.05) is 30.3 Å². The normalized spacial score (nSPS) is 14.7. The Balaban J connectivity index is 1.70. The minimum absolute atomic E-state index is 0.278. The van der Waals surface area contributed by atoms with E-state index in [0.29, 0.717) is 6.04 Å². The first-order valence-corrected chi connectivity index (χ1v) is 8.08. The Morgan fingerprint density at radius 1 is 1.18 bits per heavy atom. The quantitative estimate of drug-likeness (QED) is 0.760. The average Bonchev–Trinajstić information content (AvgIpc) is 3.33. The summed E-state index contributed by atoms with van der Waals surface area (Å²) in [7, 11) is 2.04. The number of nitrogens with zero attached hydrogens (tertiary/aromatic N) is 4. The van der Waals surface area contributed by atoms with Gasteiger partial charge in [-0.05, 0) is 32.2 Å². The standard InChI is InChI=1S/C17H24N4O/c1-20-16(13-21(15-9-10-15)11-5-6-12-22)18-19-17(20)14-7-3-2-4-8-14/h2-4,7-8,15,22H,5-6,9-13H2,1H3. The molecule has 22 heavy (non-hydrogen) atoms. The number of aliphatic hydroxyl groups is 1. The van der Waals surface area contributed by atoms with E-state index in [2.05, 4.69) is 31.8 Å². The van der Waals surface area contributed by atoms with Crippen LogP contribution in [0, 0.1) is 0 Å². The van der Waals surface area contributed by atoms with Gasteiger partial charge in [0.15, 0.2) is 5.82 Å². The highest BCUT2D eigenvalue weighted by Crippen LogP contribution is 2.28. The summed E-state index contributed by atoms with van der Waals surface area (Å²) in [5.41, 5.74) is 1.10. The van der Waals surface area contributed by atoms with Crippen LogP contribution in [0.2, 0.25) is 0 Å². The Bertz CT molecular complexity index is 592. The van der Waals surface area contributed by atoms with E-state index in [1.165, 1.54) is 12.8 Å². The van der Waals surface area contributed by atoms with Crippen molar-refractivity contribution in [2.45, 2.75) is 38.3 Å².